The second-order valence-corrected chi connectivity index (χ2v) is 6.90. The van der Waals surface area contributed by atoms with Crippen molar-refractivity contribution in [3.8, 4) is 23.0 Å². The van der Waals surface area contributed by atoms with Gasteiger partial charge in [0, 0.05) is 0 Å². The highest BCUT2D eigenvalue weighted by Gasteiger charge is 2.13. The van der Waals surface area contributed by atoms with Gasteiger partial charge in [-0.25, -0.2) is 10.2 Å². The molecular weight excluding hydrogens is 424 g/mol. The predicted molar refractivity (Wildman–Crippen MR) is 123 cm³/mol. The summed E-state index contributed by atoms with van der Waals surface area (Å²) in [6.45, 7) is 1.71. The Labute approximate surface area is 191 Å². The van der Waals surface area contributed by atoms with Gasteiger partial charge in [-0.05, 0) is 55.0 Å². The first kappa shape index (κ1) is 23.3. The van der Waals surface area contributed by atoms with E-state index in [1.807, 2.05) is 19.1 Å². The molecule has 0 atom stereocenters. The van der Waals surface area contributed by atoms with Crippen LogP contribution in [0.2, 0.25) is 0 Å². The van der Waals surface area contributed by atoms with Crippen molar-refractivity contribution in [3.63, 3.8) is 0 Å². The molecule has 3 aromatic rings. The van der Waals surface area contributed by atoms with Gasteiger partial charge in [-0.2, -0.15) is 5.10 Å². The third-order valence-corrected chi connectivity index (χ3v) is 4.51. The number of hydrazone groups is 1. The summed E-state index contributed by atoms with van der Waals surface area (Å²) in [6.07, 6.45) is 1.44. The standard InChI is InChI=1S/C25H24N2O6/c1-17-8-11-19(12-9-17)25(29)33-22-13-10-18(14-23(22)31-3)15-26-27-24(28)16-32-21-7-5-4-6-20(21)30-2/h4-15H,16H2,1-3H3,(H,27,28)/b26-15+. The molecule has 0 saturated heterocycles. The molecule has 0 radical (unpaired) electrons. The summed E-state index contributed by atoms with van der Waals surface area (Å²) in [5.41, 5.74) is 4.50. The van der Waals surface area contributed by atoms with Gasteiger partial charge >= 0.3 is 5.97 Å². The fourth-order valence-corrected chi connectivity index (χ4v) is 2.79. The number of benzene rings is 3. The van der Waals surface area contributed by atoms with Crippen molar-refractivity contribution in [1.29, 1.82) is 0 Å². The maximum Gasteiger partial charge on any atom is 0.343 e. The zero-order chi connectivity index (χ0) is 23.6. The number of esters is 1. The van der Waals surface area contributed by atoms with Crippen LogP contribution in [0.5, 0.6) is 23.0 Å². The Morgan fingerprint density at radius 1 is 0.879 bits per heavy atom. The highest BCUT2D eigenvalue weighted by molar-refractivity contribution is 5.91. The van der Waals surface area contributed by atoms with Crippen LogP contribution in [0.4, 0.5) is 0 Å². The first-order valence-corrected chi connectivity index (χ1v) is 10.0. The van der Waals surface area contributed by atoms with Crippen LogP contribution in [0.3, 0.4) is 0 Å². The van der Waals surface area contributed by atoms with Crippen molar-refractivity contribution in [1.82, 2.24) is 5.43 Å². The normalized spacial score (nSPS) is 10.5. The molecule has 1 amide bonds. The van der Waals surface area contributed by atoms with E-state index in [2.05, 4.69) is 10.5 Å². The molecule has 0 spiro atoms. The molecule has 3 aromatic carbocycles. The van der Waals surface area contributed by atoms with Crippen molar-refractivity contribution < 1.29 is 28.5 Å². The van der Waals surface area contributed by atoms with Crippen molar-refractivity contribution in [2.45, 2.75) is 6.92 Å². The minimum Gasteiger partial charge on any atom is -0.493 e. The van der Waals surface area contributed by atoms with E-state index in [1.54, 1.807) is 54.6 Å². The zero-order valence-electron chi connectivity index (χ0n) is 18.5. The molecule has 0 bridgehead atoms. The second-order valence-electron chi connectivity index (χ2n) is 6.90. The lowest BCUT2D eigenvalue weighted by Gasteiger charge is -2.10. The average molecular weight is 448 g/mol. The number of nitrogens with zero attached hydrogens (tertiary/aromatic N) is 1. The van der Waals surface area contributed by atoms with Crippen LogP contribution in [0.15, 0.2) is 71.8 Å². The van der Waals surface area contributed by atoms with E-state index in [9.17, 15) is 9.59 Å². The van der Waals surface area contributed by atoms with Gasteiger partial charge in [0.2, 0.25) is 0 Å². The number of carbonyl (C=O) groups is 2. The monoisotopic (exact) mass is 448 g/mol. The van der Waals surface area contributed by atoms with Gasteiger partial charge in [-0.1, -0.05) is 29.8 Å². The summed E-state index contributed by atoms with van der Waals surface area (Å²) >= 11 is 0. The van der Waals surface area contributed by atoms with Gasteiger partial charge in [-0.3, -0.25) is 4.79 Å². The second kappa shape index (κ2) is 11.3. The number of ether oxygens (including phenoxy) is 4. The Bertz CT molecular complexity index is 1140. The third kappa shape index (κ3) is 6.57. The predicted octanol–water partition coefficient (Wildman–Crippen LogP) is 3.76. The Morgan fingerprint density at radius 2 is 1.58 bits per heavy atom. The highest BCUT2D eigenvalue weighted by atomic mass is 16.6. The first-order valence-electron chi connectivity index (χ1n) is 10.0. The maximum absolute atomic E-state index is 12.4. The number of aryl methyl sites for hydroxylation is 1. The molecule has 0 heterocycles. The van der Waals surface area contributed by atoms with E-state index in [4.69, 9.17) is 18.9 Å². The van der Waals surface area contributed by atoms with E-state index in [0.29, 0.717) is 28.4 Å². The number of nitrogens with one attached hydrogen (secondary N) is 1. The fraction of sp³-hybridized carbons (Fsp3) is 0.160. The molecule has 0 aliphatic carbocycles. The van der Waals surface area contributed by atoms with E-state index in [1.165, 1.54) is 20.4 Å². The van der Waals surface area contributed by atoms with Gasteiger partial charge in [0.1, 0.15) is 0 Å². The topological polar surface area (TPSA) is 95.5 Å². The van der Waals surface area contributed by atoms with Gasteiger partial charge in [0.25, 0.3) is 5.91 Å². The molecule has 8 nitrogen and oxygen atoms in total. The molecular formula is C25H24N2O6. The molecule has 170 valence electrons. The molecule has 0 aliphatic rings. The van der Waals surface area contributed by atoms with E-state index >= 15 is 0 Å². The number of para-hydroxylation sites is 2. The summed E-state index contributed by atoms with van der Waals surface area (Å²) in [5, 5.41) is 3.92. The van der Waals surface area contributed by atoms with Crippen LogP contribution < -0.4 is 24.4 Å². The lowest BCUT2D eigenvalue weighted by molar-refractivity contribution is -0.123. The van der Waals surface area contributed by atoms with E-state index < -0.39 is 11.9 Å². The Hall–Kier alpha value is -4.33. The molecule has 0 unspecified atom stereocenters. The molecule has 8 heteroatoms. The summed E-state index contributed by atoms with van der Waals surface area (Å²) in [4.78, 5) is 24.3. The molecule has 0 aliphatic heterocycles. The Balaban J connectivity index is 1.56. The van der Waals surface area contributed by atoms with Crippen LogP contribution in [-0.4, -0.2) is 38.9 Å². The number of rotatable bonds is 9. The lowest BCUT2D eigenvalue weighted by Crippen LogP contribution is -2.24. The number of hydrogen-bond acceptors (Lipinski definition) is 7. The minimum absolute atomic E-state index is 0.227. The quantitative estimate of drug-likeness (QED) is 0.232. The van der Waals surface area contributed by atoms with Gasteiger partial charge in [-0.15, -0.1) is 0 Å². The van der Waals surface area contributed by atoms with Gasteiger partial charge in [0.05, 0.1) is 26.0 Å². The van der Waals surface area contributed by atoms with Crippen LogP contribution in [0.1, 0.15) is 21.5 Å². The van der Waals surface area contributed by atoms with Crippen LogP contribution in [0, 0.1) is 6.92 Å². The SMILES string of the molecule is COc1ccccc1OCC(=O)N/N=C/c1ccc(OC(=O)c2ccc(C)cc2)c(OC)c1. The fourth-order valence-electron chi connectivity index (χ4n) is 2.79. The van der Waals surface area contributed by atoms with Crippen LogP contribution in [0.25, 0.3) is 0 Å². The number of carbonyl (C=O) groups excluding carboxylic acids is 2. The van der Waals surface area contributed by atoms with Crippen LogP contribution >= 0.6 is 0 Å². The maximum atomic E-state index is 12.4. The average Bonchev–Trinajstić information content (AvgIpc) is 2.84. The molecule has 1 N–H and O–H groups in total. The molecule has 0 saturated carbocycles. The summed E-state index contributed by atoms with van der Waals surface area (Å²) in [5.74, 6) is 0.688. The Morgan fingerprint density at radius 3 is 2.27 bits per heavy atom. The van der Waals surface area contributed by atoms with Crippen molar-refractivity contribution in [2.24, 2.45) is 5.10 Å². The van der Waals surface area contributed by atoms with Crippen molar-refractivity contribution in [2.75, 3.05) is 20.8 Å². The first-order chi connectivity index (χ1) is 16.0. The van der Waals surface area contributed by atoms with Gasteiger partial charge < -0.3 is 18.9 Å². The molecule has 0 aromatic heterocycles. The van der Waals surface area contributed by atoms with Crippen molar-refractivity contribution in [3.05, 3.63) is 83.4 Å². The summed E-state index contributed by atoms with van der Waals surface area (Å²) in [7, 11) is 2.99. The van der Waals surface area contributed by atoms with Crippen molar-refractivity contribution >= 4 is 18.1 Å². The summed E-state index contributed by atoms with van der Waals surface area (Å²) in [6, 6.07) is 19.0. The largest absolute Gasteiger partial charge is 0.493 e. The lowest BCUT2D eigenvalue weighted by atomic mass is 10.1. The molecule has 0 fully saturated rings. The number of methoxy groups -OCH3 is 2. The number of hydrogen-bond donors (Lipinski definition) is 1. The van der Waals surface area contributed by atoms with Gasteiger partial charge in [0.15, 0.2) is 29.6 Å². The van der Waals surface area contributed by atoms with Crippen LogP contribution in [-0.2, 0) is 4.79 Å². The third-order valence-electron chi connectivity index (χ3n) is 4.51. The molecule has 33 heavy (non-hydrogen) atoms. The Kier molecular flexibility index (Phi) is 8.02. The van der Waals surface area contributed by atoms with E-state index in [0.717, 1.165) is 5.56 Å². The zero-order valence-corrected chi connectivity index (χ0v) is 18.5. The smallest absolute Gasteiger partial charge is 0.343 e. The summed E-state index contributed by atoms with van der Waals surface area (Å²) < 4.78 is 21.4. The molecule has 3 rings (SSSR count). The van der Waals surface area contributed by atoms with E-state index in [-0.39, 0.29) is 12.4 Å². The highest BCUT2D eigenvalue weighted by Crippen LogP contribution is 2.28. The minimum atomic E-state index is -0.489. The number of amides is 1.